The van der Waals surface area contributed by atoms with E-state index in [1.165, 1.54) is 55.2 Å². The number of hydrogen-bond donors (Lipinski definition) is 0. The number of benzene rings is 5. The summed E-state index contributed by atoms with van der Waals surface area (Å²) >= 11 is 3.67. The van der Waals surface area contributed by atoms with E-state index in [1.54, 1.807) is 7.11 Å². The Morgan fingerprint density at radius 2 is 1.30 bits per heavy atom. The molecule has 0 saturated carbocycles. The maximum atomic E-state index is 5.39. The molecule has 2 nitrogen and oxygen atoms in total. The third-order valence-electron chi connectivity index (χ3n) is 7.97. The number of methoxy groups -OCH3 is 1. The predicted molar refractivity (Wildman–Crippen MR) is 158 cm³/mol. The van der Waals surface area contributed by atoms with E-state index in [9.17, 15) is 0 Å². The first-order chi connectivity index (χ1) is 18.0. The van der Waals surface area contributed by atoms with Crippen LogP contribution in [0.5, 0.6) is 5.75 Å². The van der Waals surface area contributed by atoms with Crippen molar-refractivity contribution >= 4 is 37.7 Å². The molecule has 0 N–H and O–H groups in total. The molecular weight excluding hydrogens is 518 g/mol. The fraction of sp³-hybridized carbons (Fsp3) is 0.118. The van der Waals surface area contributed by atoms with Gasteiger partial charge in [-0.2, -0.15) is 0 Å². The average Bonchev–Trinajstić information content (AvgIpc) is 3.37. The molecule has 0 aliphatic heterocycles. The highest BCUT2D eigenvalue weighted by atomic mass is 79.9. The largest absolute Gasteiger partial charge is 0.497 e. The van der Waals surface area contributed by atoms with Gasteiger partial charge in [-0.1, -0.05) is 72.2 Å². The van der Waals surface area contributed by atoms with Gasteiger partial charge in [0.15, 0.2) is 0 Å². The van der Waals surface area contributed by atoms with Crippen LogP contribution in [0.15, 0.2) is 108 Å². The zero-order valence-corrected chi connectivity index (χ0v) is 22.6. The standard InChI is InChI=1S/C34H26BrNO/c1-34(2)30-19-22(8-15-26(30)27-16-10-23(35)20-31(27)34)21-9-17-33-29(18-21)28-6-4-5-7-32(28)36(33)24-11-13-25(37-3)14-12-24/h4-20H,1-3H3. The Morgan fingerprint density at radius 1 is 0.649 bits per heavy atom. The van der Waals surface area contributed by atoms with Gasteiger partial charge in [-0.25, -0.2) is 0 Å². The second-order valence-electron chi connectivity index (χ2n) is 10.4. The summed E-state index contributed by atoms with van der Waals surface area (Å²) in [5.74, 6) is 0.862. The highest BCUT2D eigenvalue weighted by molar-refractivity contribution is 9.10. The van der Waals surface area contributed by atoms with Gasteiger partial charge in [0.1, 0.15) is 5.75 Å². The summed E-state index contributed by atoms with van der Waals surface area (Å²) in [6.07, 6.45) is 0. The SMILES string of the molecule is COc1ccc(-n2c3ccccc3c3cc(-c4ccc5c(c4)C(C)(C)c4cc(Br)ccc4-5)ccc32)cc1. The van der Waals surface area contributed by atoms with Crippen molar-refractivity contribution in [3.63, 3.8) is 0 Å². The minimum absolute atomic E-state index is 0.0427. The van der Waals surface area contributed by atoms with E-state index in [-0.39, 0.29) is 5.41 Å². The maximum absolute atomic E-state index is 5.39. The van der Waals surface area contributed by atoms with Crippen LogP contribution in [0.2, 0.25) is 0 Å². The molecule has 180 valence electrons. The summed E-state index contributed by atoms with van der Waals surface area (Å²) in [7, 11) is 1.70. The molecule has 0 atom stereocenters. The number of halogens is 1. The quantitative estimate of drug-likeness (QED) is 0.216. The van der Waals surface area contributed by atoms with Gasteiger partial charge in [0.25, 0.3) is 0 Å². The van der Waals surface area contributed by atoms with Crippen LogP contribution < -0.4 is 4.74 Å². The molecule has 1 aliphatic rings. The van der Waals surface area contributed by atoms with Gasteiger partial charge in [0, 0.05) is 26.3 Å². The summed E-state index contributed by atoms with van der Waals surface area (Å²) in [4.78, 5) is 0. The molecule has 6 aromatic rings. The number of nitrogens with zero attached hydrogens (tertiary/aromatic N) is 1. The lowest BCUT2D eigenvalue weighted by atomic mass is 9.81. The highest BCUT2D eigenvalue weighted by Gasteiger charge is 2.35. The van der Waals surface area contributed by atoms with Crippen LogP contribution in [0.25, 0.3) is 49.7 Å². The molecule has 0 spiro atoms. The van der Waals surface area contributed by atoms with Gasteiger partial charge in [0.2, 0.25) is 0 Å². The van der Waals surface area contributed by atoms with Crippen LogP contribution in [-0.4, -0.2) is 11.7 Å². The third-order valence-corrected chi connectivity index (χ3v) is 8.47. The molecule has 0 amide bonds. The molecule has 1 aliphatic carbocycles. The van der Waals surface area contributed by atoms with Crippen LogP contribution in [0.1, 0.15) is 25.0 Å². The first kappa shape index (κ1) is 22.4. The van der Waals surface area contributed by atoms with Gasteiger partial charge in [0.05, 0.1) is 18.1 Å². The minimum atomic E-state index is -0.0427. The summed E-state index contributed by atoms with van der Waals surface area (Å²) in [5, 5.41) is 2.52. The molecule has 0 bridgehead atoms. The van der Waals surface area contributed by atoms with Gasteiger partial charge in [-0.15, -0.1) is 0 Å². The number of fused-ring (bicyclic) bond motifs is 6. The monoisotopic (exact) mass is 543 g/mol. The number of aromatic nitrogens is 1. The Bertz CT molecular complexity index is 1840. The van der Waals surface area contributed by atoms with Gasteiger partial charge in [-0.3, -0.25) is 0 Å². The zero-order chi connectivity index (χ0) is 25.3. The fourth-order valence-electron chi connectivity index (χ4n) is 6.05. The molecule has 7 rings (SSSR count). The number of hydrogen-bond acceptors (Lipinski definition) is 1. The average molecular weight is 544 g/mol. The van der Waals surface area contributed by atoms with Crippen molar-refractivity contribution in [1.82, 2.24) is 4.57 Å². The Balaban J connectivity index is 1.40. The smallest absolute Gasteiger partial charge is 0.119 e. The molecule has 0 saturated heterocycles. The van der Waals surface area contributed by atoms with E-state index in [0.29, 0.717) is 0 Å². The maximum Gasteiger partial charge on any atom is 0.119 e. The van der Waals surface area contributed by atoms with Crippen LogP contribution in [0.4, 0.5) is 0 Å². The van der Waals surface area contributed by atoms with E-state index >= 15 is 0 Å². The summed E-state index contributed by atoms with van der Waals surface area (Å²) in [6, 6.07) is 37.5. The highest BCUT2D eigenvalue weighted by Crippen LogP contribution is 2.50. The van der Waals surface area contributed by atoms with E-state index in [1.807, 2.05) is 12.1 Å². The molecular formula is C34H26BrNO. The first-order valence-electron chi connectivity index (χ1n) is 12.6. The molecule has 37 heavy (non-hydrogen) atoms. The Morgan fingerprint density at radius 3 is 2.08 bits per heavy atom. The van der Waals surface area contributed by atoms with Crippen molar-refractivity contribution in [3.05, 3.63) is 119 Å². The van der Waals surface area contributed by atoms with Crippen molar-refractivity contribution in [2.24, 2.45) is 0 Å². The molecule has 0 fully saturated rings. The summed E-state index contributed by atoms with van der Waals surface area (Å²) in [5.41, 5.74) is 11.4. The van der Waals surface area contributed by atoms with Crippen LogP contribution >= 0.6 is 15.9 Å². The molecule has 1 aromatic heterocycles. The van der Waals surface area contributed by atoms with Crippen molar-refractivity contribution in [2.45, 2.75) is 19.3 Å². The van der Waals surface area contributed by atoms with Crippen LogP contribution in [-0.2, 0) is 5.41 Å². The second-order valence-corrected chi connectivity index (χ2v) is 11.3. The van der Waals surface area contributed by atoms with Gasteiger partial charge < -0.3 is 9.30 Å². The van der Waals surface area contributed by atoms with Crippen molar-refractivity contribution < 1.29 is 4.74 Å². The lowest BCUT2D eigenvalue weighted by Gasteiger charge is -2.22. The molecule has 0 unspecified atom stereocenters. The minimum Gasteiger partial charge on any atom is -0.497 e. The van der Waals surface area contributed by atoms with Crippen molar-refractivity contribution in [1.29, 1.82) is 0 Å². The number of rotatable bonds is 3. The van der Waals surface area contributed by atoms with E-state index in [2.05, 4.69) is 125 Å². The zero-order valence-electron chi connectivity index (χ0n) is 21.0. The predicted octanol–water partition coefficient (Wildman–Crippen LogP) is 9.53. The van der Waals surface area contributed by atoms with E-state index in [0.717, 1.165) is 15.9 Å². The first-order valence-corrected chi connectivity index (χ1v) is 13.4. The second kappa shape index (κ2) is 8.09. The normalized spacial score (nSPS) is 13.6. The van der Waals surface area contributed by atoms with E-state index < -0.39 is 0 Å². The molecule has 5 aromatic carbocycles. The summed E-state index contributed by atoms with van der Waals surface area (Å²) < 4.78 is 8.86. The van der Waals surface area contributed by atoms with Gasteiger partial charge in [-0.05, 0) is 94.0 Å². The Labute approximate surface area is 225 Å². The molecule has 1 heterocycles. The van der Waals surface area contributed by atoms with Crippen LogP contribution in [0.3, 0.4) is 0 Å². The van der Waals surface area contributed by atoms with Crippen LogP contribution in [0, 0.1) is 0 Å². The number of ether oxygens (including phenoxy) is 1. The van der Waals surface area contributed by atoms with Gasteiger partial charge >= 0.3 is 0 Å². The number of para-hydroxylation sites is 1. The topological polar surface area (TPSA) is 14.2 Å². The lowest BCUT2D eigenvalue weighted by Crippen LogP contribution is -2.15. The summed E-state index contributed by atoms with van der Waals surface area (Å²) in [6.45, 7) is 4.67. The Kier molecular flexibility index (Phi) is 4.90. The van der Waals surface area contributed by atoms with Crippen molar-refractivity contribution in [2.75, 3.05) is 7.11 Å². The lowest BCUT2D eigenvalue weighted by molar-refractivity contribution is 0.415. The molecule has 3 heteroatoms. The fourth-order valence-corrected chi connectivity index (χ4v) is 6.41. The third kappa shape index (κ3) is 3.30. The van der Waals surface area contributed by atoms with E-state index in [4.69, 9.17) is 4.74 Å². The Hall–Kier alpha value is -3.82. The van der Waals surface area contributed by atoms with Crippen molar-refractivity contribution in [3.8, 4) is 33.7 Å². The molecule has 0 radical (unpaired) electrons.